The van der Waals surface area contributed by atoms with Gasteiger partial charge >= 0.3 is 6.09 Å². The van der Waals surface area contributed by atoms with Crippen molar-refractivity contribution >= 4 is 12.0 Å². The Balaban J connectivity index is 2.50. The fourth-order valence-corrected chi connectivity index (χ4v) is 1.94. The number of amides is 2. The summed E-state index contributed by atoms with van der Waals surface area (Å²) in [5.74, 6) is -0.370. The van der Waals surface area contributed by atoms with Gasteiger partial charge in [-0.2, -0.15) is 0 Å². The second kappa shape index (κ2) is 8.53. The Morgan fingerprint density at radius 2 is 1.78 bits per heavy atom. The average molecular weight is 322 g/mol. The number of aliphatic hydroxyl groups is 1. The first-order chi connectivity index (χ1) is 10.7. The van der Waals surface area contributed by atoms with E-state index in [0.29, 0.717) is 6.42 Å². The molecule has 0 heterocycles. The number of rotatable bonds is 6. The molecule has 2 atom stereocenters. The lowest BCUT2D eigenvalue weighted by Crippen LogP contribution is -2.50. The molecule has 23 heavy (non-hydrogen) atoms. The molecule has 0 aromatic heterocycles. The fourth-order valence-electron chi connectivity index (χ4n) is 1.94. The Labute approximate surface area is 137 Å². The molecule has 1 rings (SSSR count). The molecule has 0 unspecified atom stereocenters. The molecule has 0 radical (unpaired) electrons. The van der Waals surface area contributed by atoms with Gasteiger partial charge in [0.25, 0.3) is 0 Å². The number of nitrogens with one attached hydrogen (secondary N) is 2. The third-order valence-corrected chi connectivity index (χ3v) is 3.02. The quantitative estimate of drug-likeness (QED) is 0.742. The van der Waals surface area contributed by atoms with E-state index >= 15 is 0 Å². The van der Waals surface area contributed by atoms with E-state index in [-0.39, 0.29) is 12.5 Å². The molecule has 0 fully saturated rings. The number of aliphatic hydroxyl groups excluding tert-OH is 1. The molecule has 0 saturated heterocycles. The van der Waals surface area contributed by atoms with Gasteiger partial charge in [-0.1, -0.05) is 30.3 Å². The van der Waals surface area contributed by atoms with Gasteiger partial charge in [-0.05, 0) is 39.7 Å². The monoisotopic (exact) mass is 322 g/mol. The molecule has 2 amide bonds. The van der Waals surface area contributed by atoms with Gasteiger partial charge in [-0.3, -0.25) is 4.79 Å². The Hall–Kier alpha value is -2.08. The van der Waals surface area contributed by atoms with Gasteiger partial charge in [-0.25, -0.2) is 4.79 Å². The standard InChI is InChI=1S/C17H26N2O4/c1-12(18-16(22)23-17(2,3)4)15(21)19-14(11-20)10-13-8-6-5-7-9-13/h5-9,12,14,20H,10-11H2,1-4H3,(H,18,22)(H,19,21)/t12-,14+/m1/s1. The highest BCUT2D eigenvalue weighted by Gasteiger charge is 2.22. The predicted molar refractivity (Wildman–Crippen MR) is 88.0 cm³/mol. The summed E-state index contributed by atoms with van der Waals surface area (Å²) < 4.78 is 5.11. The number of carbonyl (C=O) groups is 2. The van der Waals surface area contributed by atoms with Crippen molar-refractivity contribution in [3.8, 4) is 0 Å². The van der Waals surface area contributed by atoms with E-state index in [9.17, 15) is 14.7 Å². The van der Waals surface area contributed by atoms with Crippen LogP contribution in [0.15, 0.2) is 30.3 Å². The third-order valence-electron chi connectivity index (χ3n) is 3.02. The third kappa shape index (κ3) is 7.65. The number of hydrogen-bond acceptors (Lipinski definition) is 4. The largest absolute Gasteiger partial charge is 0.444 e. The average Bonchev–Trinajstić information content (AvgIpc) is 2.45. The summed E-state index contributed by atoms with van der Waals surface area (Å²) >= 11 is 0. The molecule has 3 N–H and O–H groups in total. The molecule has 0 aliphatic carbocycles. The van der Waals surface area contributed by atoms with Gasteiger partial charge in [0.05, 0.1) is 12.6 Å². The molecule has 0 bridgehead atoms. The van der Waals surface area contributed by atoms with Gasteiger partial charge in [0.2, 0.25) is 5.91 Å². The number of carbonyl (C=O) groups excluding carboxylic acids is 2. The highest BCUT2D eigenvalue weighted by molar-refractivity contribution is 5.85. The molecule has 1 aromatic rings. The zero-order valence-electron chi connectivity index (χ0n) is 14.1. The van der Waals surface area contributed by atoms with E-state index < -0.39 is 23.8 Å². The minimum absolute atomic E-state index is 0.181. The molecule has 0 spiro atoms. The highest BCUT2D eigenvalue weighted by Crippen LogP contribution is 2.07. The van der Waals surface area contributed by atoms with Gasteiger partial charge < -0.3 is 20.5 Å². The van der Waals surface area contributed by atoms with Crippen molar-refractivity contribution in [3.05, 3.63) is 35.9 Å². The summed E-state index contributed by atoms with van der Waals surface area (Å²) in [6.07, 6.45) is -0.133. The van der Waals surface area contributed by atoms with Crippen LogP contribution >= 0.6 is 0 Å². The van der Waals surface area contributed by atoms with Gasteiger partial charge in [0.15, 0.2) is 0 Å². The van der Waals surface area contributed by atoms with E-state index in [4.69, 9.17) is 4.74 Å². The van der Waals surface area contributed by atoms with E-state index in [2.05, 4.69) is 10.6 Å². The Kier molecular flexibility index (Phi) is 7.03. The molecule has 0 aliphatic heterocycles. The summed E-state index contributed by atoms with van der Waals surface area (Å²) in [6, 6.07) is 8.40. The molecule has 6 heteroatoms. The lowest BCUT2D eigenvalue weighted by atomic mass is 10.1. The molecule has 6 nitrogen and oxygen atoms in total. The van der Waals surface area contributed by atoms with E-state index in [0.717, 1.165) is 5.56 Å². The molecule has 0 aliphatic rings. The second-order valence-electron chi connectivity index (χ2n) is 6.45. The smallest absolute Gasteiger partial charge is 0.408 e. The molecular formula is C17H26N2O4. The van der Waals surface area contributed by atoms with Crippen molar-refractivity contribution in [2.24, 2.45) is 0 Å². The van der Waals surface area contributed by atoms with Crippen molar-refractivity contribution in [3.63, 3.8) is 0 Å². The van der Waals surface area contributed by atoms with Crippen LogP contribution in [0.25, 0.3) is 0 Å². The topological polar surface area (TPSA) is 87.7 Å². The Morgan fingerprint density at radius 1 is 1.17 bits per heavy atom. The number of benzene rings is 1. The normalized spacial score (nSPS) is 13.8. The van der Waals surface area contributed by atoms with Crippen molar-refractivity contribution in [1.82, 2.24) is 10.6 Å². The van der Waals surface area contributed by atoms with Crippen LogP contribution in [0, 0.1) is 0 Å². The van der Waals surface area contributed by atoms with Crippen LogP contribution in [-0.2, 0) is 16.0 Å². The summed E-state index contributed by atoms with van der Waals surface area (Å²) in [4.78, 5) is 23.8. The summed E-state index contributed by atoms with van der Waals surface area (Å²) in [5, 5.41) is 14.6. The Morgan fingerprint density at radius 3 is 2.30 bits per heavy atom. The van der Waals surface area contributed by atoms with Gasteiger partial charge in [-0.15, -0.1) is 0 Å². The molecule has 1 aromatic carbocycles. The summed E-state index contributed by atoms with van der Waals surface area (Å²) in [7, 11) is 0. The van der Waals surface area contributed by atoms with Crippen molar-refractivity contribution < 1.29 is 19.4 Å². The van der Waals surface area contributed by atoms with Crippen LogP contribution in [0.1, 0.15) is 33.3 Å². The maximum atomic E-state index is 12.1. The molecular weight excluding hydrogens is 296 g/mol. The van der Waals surface area contributed by atoms with Crippen molar-refractivity contribution in [1.29, 1.82) is 0 Å². The van der Waals surface area contributed by atoms with E-state index in [1.54, 1.807) is 27.7 Å². The summed E-state index contributed by atoms with van der Waals surface area (Å²) in [5.41, 5.74) is 0.390. The first-order valence-electron chi connectivity index (χ1n) is 7.66. The summed E-state index contributed by atoms with van der Waals surface area (Å²) in [6.45, 7) is 6.63. The predicted octanol–water partition coefficient (Wildman–Crippen LogP) is 1.62. The zero-order valence-corrected chi connectivity index (χ0v) is 14.1. The molecule has 0 saturated carbocycles. The van der Waals surface area contributed by atoms with Crippen molar-refractivity contribution in [2.75, 3.05) is 6.61 Å². The second-order valence-corrected chi connectivity index (χ2v) is 6.45. The van der Waals surface area contributed by atoms with Gasteiger partial charge in [0.1, 0.15) is 11.6 Å². The lowest BCUT2D eigenvalue weighted by molar-refractivity contribution is -0.123. The van der Waals surface area contributed by atoms with Gasteiger partial charge in [0, 0.05) is 0 Å². The van der Waals surface area contributed by atoms with E-state index in [1.165, 1.54) is 0 Å². The van der Waals surface area contributed by atoms with Crippen molar-refractivity contribution in [2.45, 2.75) is 51.8 Å². The van der Waals surface area contributed by atoms with Crippen LogP contribution in [0.2, 0.25) is 0 Å². The van der Waals surface area contributed by atoms with Crippen LogP contribution < -0.4 is 10.6 Å². The highest BCUT2D eigenvalue weighted by atomic mass is 16.6. The first-order valence-corrected chi connectivity index (χ1v) is 7.66. The maximum Gasteiger partial charge on any atom is 0.408 e. The number of ether oxygens (including phenoxy) is 1. The SMILES string of the molecule is C[C@@H](NC(=O)OC(C)(C)C)C(=O)N[C@H](CO)Cc1ccccc1. The number of hydrogen-bond donors (Lipinski definition) is 3. The van der Waals surface area contributed by atoms with Crippen LogP contribution in [0.5, 0.6) is 0 Å². The van der Waals surface area contributed by atoms with Crippen LogP contribution in [-0.4, -0.2) is 41.4 Å². The first kappa shape index (κ1) is 19.0. The maximum absolute atomic E-state index is 12.1. The minimum atomic E-state index is -0.755. The van der Waals surface area contributed by atoms with Crippen LogP contribution in [0.3, 0.4) is 0 Å². The number of alkyl carbamates (subject to hydrolysis) is 1. The lowest BCUT2D eigenvalue weighted by Gasteiger charge is -2.23. The fraction of sp³-hybridized carbons (Fsp3) is 0.529. The van der Waals surface area contributed by atoms with E-state index in [1.807, 2.05) is 30.3 Å². The minimum Gasteiger partial charge on any atom is -0.444 e. The van der Waals surface area contributed by atoms with Crippen LogP contribution in [0.4, 0.5) is 4.79 Å². The zero-order chi connectivity index (χ0) is 17.5. The molecule has 128 valence electrons. The Bertz CT molecular complexity index is 511.